The molecule has 0 aliphatic carbocycles. The van der Waals surface area contributed by atoms with Crippen molar-refractivity contribution in [1.82, 2.24) is 5.32 Å². The second kappa shape index (κ2) is 11.4. The number of thiocarbonyl (C=S) groups is 1. The Labute approximate surface area is 179 Å². The summed E-state index contributed by atoms with van der Waals surface area (Å²) in [5, 5.41) is 5.94. The molecule has 7 nitrogen and oxygen atoms in total. The normalized spacial score (nSPS) is 9.50. The molecule has 0 fully saturated rings. The number of rotatable bonds is 4. The van der Waals surface area contributed by atoms with Crippen LogP contribution in [0.25, 0.3) is 4.85 Å². The SMILES string of the molecule is O=C=O.[C-]#[N+]c1ccc(NC(=S)N(c2ccc(C(=O)NC)c(F)c2)C(C)C)cc1C. The molecular weight excluding hydrogens is 407 g/mol. The zero-order chi connectivity index (χ0) is 22.8. The highest BCUT2D eigenvalue weighted by molar-refractivity contribution is 7.80. The summed E-state index contributed by atoms with van der Waals surface area (Å²) in [5.74, 6) is -1.09. The minimum atomic E-state index is -0.613. The first-order valence-electron chi connectivity index (χ1n) is 8.79. The van der Waals surface area contributed by atoms with Gasteiger partial charge in [-0.3, -0.25) is 4.79 Å². The molecule has 0 aliphatic heterocycles. The van der Waals surface area contributed by atoms with Crippen LogP contribution in [0.4, 0.5) is 21.5 Å². The molecule has 0 saturated carbocycles. The number of amides is 1. The van der Waals surface area contributed by atoms with Crippen LogP contribution in [0.5, 0.6) is 0 Å². The molecular formula is C21H21FN4O3S. The summed E-state index contributed by atoms with van der Waals surface area (Å²) in [4.78, 5) is 33.1. The van der Waals surface area contributed by atoms with Crippen molar-refractivity contribution in [3.8, 4) is 0 Å². The largest absolute Gasteiger partial charge is 0.373 e. The van der Waals surface area contributed by atoms with E-state index < -0.39 is 11.7 Å². The smallest absolute Gasteiger partial charge is 0.355 e. The fraction of sp³-hybridized carbons (Fsp3) is 0.238. The van der Waals surface area contributed by atoms with E-state index >= 15 is 0 Å². The molecule has 2 rings (SSSR count). The Morgan fingerprint density at radius 1 is 1.23 bits per heavy atom. The van der Waals surface area contributed by atoms with E-state index in [0.717, 1.165) is 11.3 Å². The molecule has 2 aromatic rings. The van der Waals surface area contributed by atoms with Crippen molar-refractivity contribution >= 4 is 46.5 Å². The zero-order valence-corrected chi connectivity index (χ0v) is 17.8. The number of carbonyl (C=O) groups is 1. The summed E-state index contributed by atoms with van der Waals surface area (Å²) in [6.07, 6.45) is 0.250. The number of hydrogen-bond donors (Lipinski definition) is 2. The van der Waals surface area contributed by atoms with Crippen molar-refractivity contribution in [1.29, 1.82) is 0 Å². The average molecular weight is 428 g/mol. The maximum Gasteiger partial charge on any atom is 0.373 e. The number of nitrogens with one attached hydrogen (secondary N) is 2. The fourth-order valence-electron chi connectivity index (χ4n) is 2.66. The molecule has 156 valence electrons. The highest BCUT2D eigenvalue weighted by Gasteiger charge is 2.19. The highest BCUT2D eigenvalue weighted by Crippen LogP contribution is 2.25. The third-order valence-corrected chi connectivity index (χ3v) is 4.30. The Balaban J connectivity index is 0.00000141. The lowest BCUT2D eigenvalue weighted by Crippen LogP contribution is -2.40. The van der Waals surface area contributed by atoms with Crippen molar-refractivity contribution in [3.63, 3.8) is 0 Å². The second-order valence-electron chi connectivity index (χ2n) is 6.33. The van der Waals surface area contributed by atoms with Gasteiger partial charge in [-0.2, -0.15) is 9.59 Å². The summed E-state index contributed by atoms with van der Waals surface area (Å²) in [5.41, 5.74) is 2.70. The first-order valence-corrected chi connectivity index (χ1v) is 9.20. The van der Waals surface area contributed by atoms with Crippen LogP contribution in [0.2, 0.25) is 0 Å². The summed E-state index contributed by atoms with van der Waals surface area (Å²) < 4.78 is 14.4. The maximum absolute atomic E-state index is 14.4. The first kappa shape index (κ1) is 24.4. The Morgan fingerprint density at radius 2 is 1.87 bits per heavy atom. The average Bonchev–Trinajstić information content (AvgIpc) is 2.68. The molecule has 30 heavy (non-hydrogen) atoms. The standard InChI is InChI=1S/C20H21FN4OS.CO2/c1-12(2)25(15-7-8-16(17(21)11-15)19(26)23-5)20(27)24-14-6-9-18(22-4)13(3)10-14;2-1-3/h6-12H,1-3,5H3,(H,23,26)(H,24,27);. The predicted octanol–water partition coefficient (Wildman–Crippen LogP) is 4.07. The molecule has 0 saturated heterocycles. The Hall–Kier alpha value is -3.60. The highest BCUT2D eigenvalue weighted by atomic mass is 32.1. The predicted molar refractivity (Wildman–Crippen MR) is 116 cm³/mol. The van der Waals surface area contributed by atoms with Crippen LogP contribution >= 0.6 is 12.2 Å². The van der Waals surface area contributed by atoms with Crippen molar-refractivity contribution in [2.24, 2.45) is 0 Å². The van der Waals surface area contributed by atoms with Crippen molar-refractivity contribution in [3.05, 3.63) is 64.8 Å². The van der Waals surface area contributed by atoms with Crippen LogP contribution in [0.1, 0.15) is 29.8 Å². The van der Waals surface area contributed by atoms with Gasteiger partial charge in [-0.1, -0.05) is 6.07 Å². The number of aryl methyl sites for hydroxylation is 1. The van der Waals surface area contributed by atoms with Crippen LogP contribution in [0.3, 0.4) is 0 Å². The molecule has 0 bridgehead atoms. The van der Waals surface area contributed by atoms with Gasteiger partial charge >= 0.3 is 6.15 Å². The van der Waals surface area contributed by atoms with Gasteiger partial charge in [0.2, 0.25) is 0 Å². The zero-order valence-electron chi connectivity index (χ0n) is 16.9. The molecule has 0 atom stereocenters. The van der Waals surface area contributed by atoms with E-state index in [-0.39, 0.29) is 17.8 Å². The van der Waals surface area contributed by atoms with Crippen molar-refractivity contribution in [2.45, 2.75) is 26.8 Å². The number of halogens is 1. The lowest BCUT2D eigenvalue weighted by molar-refractivity contribution is -0.191. The van der Waals surface area contributed by atoms with Gasteiger partial charge in [0.25, 0.3) is 5.91 Å². The molecule has 2 aromatic carbocycles. The van der Waals surface area contributed by atoms with Crippen molar-refractivity contribution in [2.75, 3.05) is 17.3 Å². The summed E-state index contributed by atoms with van der Waals surface area (Å²) in [6, 6.07) is 9.70. The van der Waals surface area contributed by atoms with Gasteiger partial charge in [-0.05, 0) is 68.9 Å². The van der Waals surface area contributed by atoms with Crippen molar-refractivity contribution < 1.29 is 18.8 Å². The monoisotopic (exact) mass is 428 g/mol. The number of nitrogens with zero attached hydrogens (tertiary/aromatic N) is 2. The van der Waals surface area contributed by atoms with Gasteiger partial charge in [0, 0.05) is 24.5 Å². The topological polar surface area (TPSA) is 82.9 Å². The molecule has 0 aromatic heterocycles. The van der Waals surface area contributed by atoms with E-state index in [4.69, 9.17) is 28.4 Å². The van der Waals surface area contributed by atoms with Crippen LogP contribution < -0.4 is 15.5 Å². The van der Waals surface area contributed by atoms with Crippen LogP contribution in [0.15, 0.2) is 36.4 Å². The van der Waals surface area contributed by atoms with Gasteiger partial charge < -0.3 is 15.5 Å². The van der Waals surface area contributed by atoms with Gasteiger partial charge in [0.15, 0.2) is 10.8 Å². The Morgan fingerprint density at radius 3 is 2.33 bits per heavy atom. The molecule has 2 N–H and O–H groups in total. The van der Waals surface area contributed by atoms with E-state index in [2.05, 4.69) is 15.5 Å². The van der Waals surface area contributed by atoms with Crippen LogP contribution in [-0.4, -0.2) is 30.3 Å². The van der Waals surface area contributed by atoms with Gasteiger partial charge in [0.1, 0.15) is 5.82 Å². The molecule has 0 radical (unpaired) electrons. The van der Waals surface area contributed by atoms with Gasteiger partial charge in [-0.15, -0.1) is 0 Å². The molecule has 1 amide bonds. The maximum atomic E-state index is 14.4. The molecule has 0 spiro atoms. The quantitative estimate of drug-likeness (QED) is 0.564. The third-order valence-electron chi connectivity index (χ3n) is 4.01. The molecule has 9 heteroatoms. The molecule has 0 unspecified atom stereocenters. The summed E-state index contributed by atoms with van der Waals surface area (Å²) in [7, 11) is 1.45. The van der Waals surface area contributed by atoms with E-state index in [9.17, 15) is 9.18 Å². The fourth-order valence-corrected chi connectivity index (χ4v) is 3.10. The van der Waals surface area contributed by atoms with E-state index in [1.54, 1.807) is 23.1 Å². The first-order chi connectivity index (χ1) is 14.2. The lowest BCUT2D eigenvalue weighted by Gasteiger charge is -2.30. The Bertz CT molecular complexity index is 1010. The van der Waals surface area contributed by atoms with E-state index in [1.165, 1.54) is 19.2 Å². The minimum Gasteiger partial charge on any atom is -0.355 e. The summed E-state index contributed by atoms with van der Waals surface area (Å²) >= 11 is 5.52. The van der Waals surface area contributed by atoms with E-state index in [0.29, 0.717) is 16.5 Å². The molecule has 0 heterocycles. The van der Waals surface area contributed by atoms with Crippen LogP contribution in [0, 0.1) is 19.3 Å². The number of hydrogen-bond acceptors (Lipinski definition) is 4. The van der Waals surface area contributed by atoms with E-state index in [1.807, 2.05) is 26.8 Å². The van der Waals surface area contributed by atoms with Crippen LogP contribution in [-0.2, 0) is 9.59 Å². The third kappa shape index (κ3) is 6.21. The number of anilines is 2. The number of benzene rings is 2. The molecule has 0 aliphatic rings. The minimum absolute atomic E-state index is 0.0193. The van der Waals surface area contributed by atoms with Gasteiger partial charge in [0.05, 0.1) is 12.1 Å². The van der Waals surface area contributed by atoms with Gasteiger partial charge in [-0.25, -0.2) is 9.24 Å². The number of carbonyl (C=O) groups excluding carboxylic acids is 3. The lowest BCUT2D eigenvalue weighted by atomic mass is 10.1. The Kier molecular flexibility index (Phi) is 9.30. The second-order valence-corrected chi connectivity index (χ2v) is 6.72. The summed E-state index contributed by atoms with van der Waals surface area (Å²) in [6.45, 7) is 12.9.